The van der Waals surface area contributed by atoms with Crippen molar-refractivity contribution in [1.82, 2.24) is 4.90 Å². The maximum Gasteiger partial charge on any atom is 0.259 e. The average molecular weight is 582 g/mol. The van der Waals surface area contributed by atoms with Crippen LogP contribution in [0, 0.1) is 0 Å². The number of hydrogen-bond donors (Lipinski definition) is 0. The summed E-state index contributed by atoms with van der Waals surface area (Å²) in [6.07, 6.45) is 0. The van der Waals surface area contributed by atoms with Crippen LogP contribution in [0.4, 0.5) is 11.4 Å². The molecule has 6 rings (SSSR count). The summed E-state index contributed by atoms with van der Waals surface area (Å²) >= 11 is 6.24. The van der Waals surface area contributed by atoms with Crippen LogP contribution in [0.1, 0.15) is 33.4 Å². The van der Waals surface area contributed by atoms with Crippen LogP contribution in [0.3, 0.4) is 0 Å². The van der Waals surface area contributed by atoms with Crippen molar-refractivity contribution in [3.8, 4) is 11.5 Å². The summed E-state index contributed by atoms with van der Waals surface area (Å²) in [5, 5.41) is 0.690. The first kappa shape index (κ1) is 27.7. The third-order valence-electron chi connectivity index (χ3n) is 8.18. The molecular weight excluding hydrogens is 550 g/mol. The number of hydrogen-bond acceptors (Lipinski definition) is 5. The lowest BCUT2D eigenvalue weighted by atomic mass is 9.78. The zero-order valence-electron chi connectivity index (χ0n) is 23.6. The van der Waals surface area contributed by atoms with Crippen molar-refractivity contribution in [2.24, 2.45) is 0 Å². The highest BCUT2D eigenvalue weighted by molar-refractivity contribution is 6.30. The van der Waals surface area contributed by atoms with E-state index >= 15 is 0 Å². The third-order valence-corrected chi connectivity index (χ3v) is 8.41. The molecule has 0 aromatic heterocycles. The molecular formula is C34H32ClN3O4. The van der Waals surface area contributed by atoms with Crippen molar-refractivity contribution in [2.45, 2.75) is 12.0 Å². The molecule has 8 heteroatoms. The van der Waals surface area contributed by atoms with E-state index in [4.69, 9.17) is 21.1 Å². The van der Waals surface area contributed by atoms with Gasteiger partial charge in [-0.2, -0.15) is 0 Å². The number of piperazine rings is 1. The second-order valence-electron chi connectivity index (χ2n) is 10.4. The second kappa shape index (κ2) is 11.8. The Bertz CT molecular complexity index is 1580. The van der Waals surface area contributed by atoms with Gasteiger partial charge in [-0.05, 0) is 71.8 Å². The molecule has 0 bridgehead atoms. The minimum absolute atomic E-state index is 0.0000221. The molecule has 2 amide bonds. The van der Waals surface area contributed by atoms with Gasteiger partial charge >= 0.3 is 0 Å². The molecule has 2 heterocycles. The number of carbonyl (C=O) groups excluding carboxylic acids is 2. The Morgan fingerprint density at radius 2 is 1.40 bits per heavy atom. The van der Waals surface area contributed by atoms with Gasteiger partial charge in [-0.25, -0.2) is 0 Å². The van der Waals surface area contributed by atoms with E-state index in [2.05, 4.69) is 4.90 Å². The lowest BCUT2D eigenvalue weighted by Gasteiger charge is -2.44. The second-order valence-corrected chi connectivity index (χ2v) is 10.9. The minimum atomic E-state index is -0.605. The highest BCUT2D eigenvalue weighted by Gasteiger charge is 2.46. The number of methoxy groups -OCH3 is 2. The van der Waals surface area contributed by atoms with E-state index in [-0.39, 0.29) is 11.8 Å². The Labute approximate surface area is 250 Å². The number of carbonyl (C=O) groups is 2. The van der Waals surface area contributed by atoms with Gasteiger partial charge in [0.2, 0.25) is 5.91 Å². The Kier molecular flexibility index (Phi) is 7.76. The molecule has 2 aliphatic heterocycles. The Hall–Kier alpha value is -4.49. The molecule has 4 aromatic carbocycles. The van der Waals surface area contributed by atoms with Gasteiger partial charge in [0.1, 0.15) is 11.5 Å². The summed E-state index contributed by atoms with van der Waals surface area (Å²) in [6.45, 7) is 2.51. The van der Waals surface area contributed by atoms with Crippen LogP contribution in [-0.4, -0.2) is 57.1 Å². The largest absolute Gasteiger partial charge is 0.497 e. The molecule has 0 N–H and O–H groups in total. The SMILES string of the molecule is COc1ccc([C@@H]2[C@H](C(=O)N3CCN(c4cccc(Cl)c4)CC3)c3ccccc3C(=O)N2c2ccc(OC)cc2)cc1. The fourth-order valence-corrected chi connectivity index (χ4v) is 6.21. The van der Waals surface area contributed by atoms with E-state index in [1.165, 1.54) is 0 Å². The number of anilines is 2. The van der Waals surface area contributed by atoms with Crippen LogP contribution in [0.5, 0.6) is 11.5 Å². The van der Waals surface area contributed by atoms with Gasteiger partial charge in [-0.3, -0.25) is 14.5 Å². The van der Waals surface area contributed by atoms with Crippen molar-refractivity contribution < 1.29 is 19.1 Å². The molecule has 0 aliphatic carbocycles. The fourth-order valence-electron chi connectivity index (χ4n) is 6.02. The zero-order chi connectivity index (χ0) is 29.2. The first-order chi connectivity index (χ1) is 20.5. The molecule has 2 atom stereocenters. The molecule has 7 nitrogen and oxygen atoms in total. The minimum Gasteiger partial charge on any atom is -0.497 e. The summed E-state index contributed by atoms with van der Waals surface area (Å²) in [5.74, 6) is 0.644. The Balaban J connectivity index is 1.40. The van der Waals surface area contributed by atoms with Crippen LogP contribution in [0.15, 0.2) is 97.1 Å². The molecule has 42 heavy (non-hydrogen) atoms. The summed E-state index contributed by atoms with van der Waals surface area (Å²) in [6, 6.07) is 29.7. The predicted octanol–water partition coefficient (Wildman–Crippen LogP) is 6.19. The fraction of sp³-hybridized carbons (Fsp3) is 0.235. The van der Waals surface area contributed by atoms with Crippen molar-refractivity contribution in [3.63, 3.8) is 0 Å². The number of benzene rings is 4. The summed E-state index contributed by atoms with van der Waals surface area (Å²) in [7, 11) is 3.23. The normalized spacial score (nSPS) is 18.5. The number of halogens is 1. The number of nitrogens with zero attached hydrogens (tertiary/aromatic N) is 3. The molecule has 4 aromatic rings. The topological polar surface area (TPSA) is 62.3 Å². The van der Waals surface area contributed by atoms with Crippen LogP contribution in [0.2, 0.25) is 5.02 Å². The Morgan fingerprint density at radius 3 is 2.05 bits per heavy atom. The zero-order valence-corrected chi connectivity index (χ0v) is 24.3. The summed E-state index contributed by atoms with van der Waals surface area (Å²) in [5.41, 5.74) is 3.87. The maximum absolute atomic E-state index is 14.6. The first-order valence-electron chi connectivity index (χ1n) is 14.0. The first-order valence-corrected chi connectivity index (χ1v) is 14.4. The molecule has 0 radical (unpaired) electrons. The number of amides is 2. The van der Waals surface area contributed by atoms with Crippen molar-refractivity contribution in [2.75, 3.05) is 50.2 Å². The van der Waals surface area contributed by atoms with Gasteiger partial charge in [0.15, 0.2) is 0 Å². The van der Waals surface area contributed by atoms with Gasteiger partial charge < -0.3 is 19.3 Å². The molecule has 1 fully saturated rings. The van der Waals surface area contributed by atoms with E-state index in [0.29, 0.717) is 54.0 Å². The van der Waals surface area contributed by atoms with E-state index in [0.717, 1.165) is 16.8 Å². The molecule has 1 saturated heterocycles. The molecule has 0 saturated carbocycles. The molecule has 0 unspecified atom stereocenters. The van der Waals surface area contributed by atoms with E-state index in [9.17, 15) is 9.59 Å². The van der Waals surface area contributed by atoms with Gasteiger partial charge in [0.25, 0.3) is 5.91 Å². The summed E-state index contributed by atoms with van der Waals surface area (Å²) in [4.78, 5) is 34.7. The van der Waals surface area contributed by atoms with Gasteiger partial charge in [-0.15, -0.1) is 0 Å². The number of ether oxygens (including phenoxy) is 2. The lowest BCUT2D eigenvalue weighted by molar-refractivity contribution is -0.133. The molecule has 214 valence electrons. The molecule has 2 aliphatic rings. The lowest BCUT2D eigenvalue weighted by Crippen LogP contribution is -2.53. The maximum atomic E-state index is 14.6. The number of rotatable bonds is 6. The monoisotopic (exact) mass is 581 g/mol. The van der Waals surface area contributed by atoms with E-state index in [1.807, 2.05) is 102 Å². The standard InChI is InChI=1S/C34H32ClN3O4/c1-41-27-14-10-23(11-15-27)32-31(34(40)37-20-18-36(19-21-37)26-7-5-6-24(35)22-26)29-8-3-4-9-30(29)33(39)38(32)25-12-16-28(42-2)17-13-25/h3-17,22,31-32H,18-21H2,1-2H3/t31-,32-/m1/s1. The van der Waals surface area contributed by atoms with Crippen molar-refractivity contribution in [1.29, 1.82) is 0 Å². The van der Waals surface area contributed by atoms with Crippen LogP contribution < -0.4 is 19.3 Å². The van der Waals surface area contributed by atoms with Crippen molar-refractivity contribution in [3.05, 3.63) is 119 Å². The van der Waals surface area contributed by atoms with Gasteiger partial charge in [0, 0.05) is 48.1 Å². The van der Waals surface area contributed by atoms with E-state index in [1.54, 1.807) is 19.1 Å². The van der Waals surface area contributed by atoms with Crippen molar-refractivity contribution >= 4 is 34.8 Å². The molecule has 0 spiro atoms. The van der Waals surface area contributed by atoms with Gasteiger partial charge in [-0.1, -0.05) is 48.0 Å². The highest BCUT2D eigenvalue weighted by atomic mass is 35.5. The smallest absolute Gasteiger partial charge is 0.259 e. The quantitative estimate of drug-likeness (QED) is 0.272. The van der Waals surface area contributed by atoms with Crippen LogP contribution >= 0.6 is 11.6 Å². The van der Waals surface area contributed by atoms with E-state index < -0.39 is 12.0 Å². The average Bonchev–Trinajstić information content (AvgIpc) is 3.04. The summed E-state index contributed by atoms with van der Waals surface area (Å²) < 4.78 is 10.8. The Morgan fingerprint density at radius 1 is 0.762 bits per heavy atom. The van der Waals surface area contributed by atoms with Crippen LogP contribution in [-0.2, 0) is 4.79 Å². The highest BCUT2D eigenvalue weighted by Crippen LogP contribution is 2.46. The van der Waals surface area contributed by atoms with Gasteiger partial charge in [0.05, 0.1) is 26.2 Å². The number of fused-ring (bicyclic) bond motifs is 1. The predicted molar refractivity (Wildman–Crippen MR) is 165 cm³/mol. The third kappa shape index (κ3) is 5.16. The van der Waals surface area contributed by atoms with Crippen LogP contribution in [0.25, 0.3) is 0 Å².